The molecular weight excluding hydrogens is 207 g/mol. The first-order valence-corrected chi connectivity index (χ1v) is 5.34. The Morgan fingerprint density at radius 1 is 1.38 bits per heavy atom. The highest BCUT2D eigenvalue weighted by Gasteiger charge is 2.62. The Bertz CT molecular complexity index is 431. The average molecular weight is 222 g/mol. The Labute approximate surface area is 94.1 Å². The van der Waals surface area contributed by atoms with E-state index in [0.717, 1.165) is 11.1 Å². The molecule has 0 bridgehead atoms. The molecule has 2 atom stereocenters. The van der Waals surface area contributed by atoms with Crippen LogP contribution < -0.4 is 0 Å². The summed E-state index contributed by atoms with van der Waals surface area (Å²) in [5.41, 5.74) is 1.36. The Hall–Kier alpha value is -1.38. The highest BCUT2D eigenvalue weighted by atomic mass is 19.1. The Morgan fingerprint density at radius 3 is 2.44 bits per heavy atom. The molecule has 0 saturated heterocycles. The van der Waals surface area contributed by atoms with Crippen molar-refractivity contribution in [3.63, 3.8) is 0 Å². The fraction of sp³-hybridized carbons (Fsp3) is 0.462. The first-order valence-electron chi connectivity index (χ1n) is 5.34. The van der Waals surface area contributed by atoms with E-state index < -0.39 is 11.9 Å². The van der Waals surface area contributed by atoms with Crippen LogP contribution in [0.5, 0.6) is 0 Å². The number of aryl methyl sites for hydroxylation is 1. The van der Waals surface area contributed by atoms with E-state index in [2.05, 4.69) is 0 Å². The van der Waals surface area contributed by atoms with Gasteiger partial charge in [0, 0.05) is 5.92 Å². The second-order valence-corrected chi connectivity index (χ2v) is 5.18. The molecule has 0 aromatic heterocycles. The zero-order valence-corrected chi connectivity index (χ0v) is 9.62. The fourth-order valence-corrected chi connectivity index (χ4v) is 2.66. The Kier molecular flexibility index (Phi) is 2.30. The third-order valence-electron chi connectivity index (χ3n) is 3.52. The van der Waals surface area contributed by atoms with Crippen molar-refractivity contribution in [3.05, 3.63) is 35.1 Å². The van der Waals surface area contributed by atoms with E-state index in [9.17, 15) is 9.18 Å². The third kappa shape index (κ3) is 1.60. The number of rotatable bonds is 2. The minimum Gasteiger partial charge on any atom is -0.481 e. The van der Waals surface area contributed by atoms with Crippen molar-refractivity contribution in [1.29, 1.82) is 0 Å². The number of benzene rings is 1. The molecule has 3 heteroatoms. The minimum absolute atomic E-state index is 0.0700. The van der Waals surface area contributed by atoms with Gasteiger partial charge in [-0.15, -0.1) is 0 Å². The molecule has 1 aliphatic carbocycles. The van der Waals surface area contributed by atoms with Crippen molar-refractivity contribution in [3.8, 4) is 0 Å². The normalized spacial score (nSPS) is 26.5. The van der Waals surface area contributed by atoms with E-state index in [1.54, 1.807) is 0 Å². The molecule has 16 heavy (non-hydrogen) atoms. The van der Waals surface area contributed by atoms with Crippen LogP contribution in [0.1, 0.15) is 30.9 Å². The molecule has 2 nitrogen and oxygen atoms in total. The average Bonchev–Trinajstić information content (AvgIpc) is 2.67. The molecule has 1 N–H and O–H groups in total. The van der Waals surface area contributed by atoms with Crippen molar-refractivity contribution in [1.82, 2.24) is 0 Å². The molecule has 1 fully saturated rings. The lowest BCUT2D eigenvalue weighted by Gasteiger charge is -2.04. The van der Waals surface area contributed by atoms with Crippen LogP contribution in [-0.4, -0.2) is 11.1 Å². The molecule has 0 aliphatic heterocycles. The summed E-state index contributed by atoms with van der Waals surface area (Å²) >= 11 is 0. The van der Waals surface area contributed by atoms with Crippen molar-refractivity contribution >= 4 is 5.97 Å². The fourth-order valence-electron chi connectivity index (χ4n) is 2.66. The van der Waals surface area contributed by atoms with Gasteiger partial charge < -0.3 is 5.11 Å². The van der Waals surface area contributed by atoms with E-state index in [-0.39, 0.29) is 17.2 Å². The first-order chi connectivity index (χ1) is 7.34. The Balaban J connectivity index is 2.37. The smallest absolute Gasteiger partial charge is 0.307 e. The van der Waals surface area contributed by atoms with E-state index in [0.29, 0.717) is 0 Å². The quantitative estimate of drug-likeness (QED) is 0.835. The summed E-state index contributed by atoms with van der Waals surface area (Å²) in [7, 11) is 0. The summed E-state index contributed by atoms with van der Waals surface area (Å²) in [6, 6.07) is 4.77. The molecule has 0 unspecified atom stereocenters. The van der Waals surface area contributed by atoms with E-state index in [4.69, 9.17) is 5.11 Å². The van der Waals surface area contributed by atoms with Gasteiger partial charge in [0.25, 0.3) is 0 Å². The molecule has 86 valence electrons. The van der Waals surface area contributed by atoms with Gasteiger partial charge in [0.1, 0.15) is 5.82 Å². The van der Waals surface area contributed by atoms with Crippen molar-refractivity contribution in [2.24, 2.45) is 11.3 Å². The summed E-state index contributed by atoms with van der Waals surface area (Å²) in [6.07, 6.45) is 0. The predicted molar refractivity (Wildman–Crippen MR) is 58.8 cm³/mol. The van der Waals surface area contributed by atoms with Crippen LogP contribution in [0.15, 0.2) is 18.2 Å². The molecule has 0 radical (unpaired) electrons. The van der Waals surface area contributed by atoms with Crippen molar-refractivity contribution in [2.75, 3.05) is 0 Å². The number of carboxylic acid groups (broad SMARTS) is 1. The zero-order chi connectivity index (χ0) is 12.1. The summed E-state index contributed by atoms with van der Waals surface area (Å²) < 4.78 is 13.2. The van der Waals surface area contributed by atoms with Gasteiger partial charge in [-0.1, -0.05) is 19.9 Å². The lowest BCUT2D eigenvalue weighted by atomic mass is 10.0. The van der Waals surface area contributed by atoms with Gasteiger partial charge in [-0.25, -0.2) is 4.39 Å². The maximum absolute atomic E-state index is 13.2. The standard InChI is InChI=1S/C13H15FO2/c1-7-4-8(6-9(14)5-7)10-11(12(15)16)13(10,2)3/h4-6,10-11H,1-3H3,(H,15,16)/t10-,11+/m0/s1. The summed E-state index contributed by atoms with van der Waals surface area (Å²) in [4.78, 5) is 11.0. The molecule has 1 aromatic rings. The maximum atomic E-state index is 13.2. The van der Waals surface area contributed by atoms with Crippen LogP contribution in [0.2, 0.25) is 0 Å². The van der Waals surface area contributed by atoms with Gasteiger partial charge in [-0.2, -0.15) is 0 Å². The second kappa shape index (κ2) is 3.30. The number of hydrogen-bond acceptors (Lipinski definition) is 1. The maximum Gasteiger partial charge on any atom is 0.307 e. The molecule has 0 spiro atoms. The van der Waals surface area contributed by atoms with Crippen LogP contribution in [0.3, 0.4) is 0 Å². The largest absolute Gasteiger partial charge is 0.481 e. The van der Waals surface area contributed by atoms with Crippen molar-refractivity contribution in [2.45, 2.75) is 26.7 Å². The highest BCUT2D eigenvalue weighted by molar-refractivity contribution is 5.77. The molecule has 1 saturated carbocycles. The van der Waals surface area contributed by atoms with Gasteiger partial charge in [-0.3, -0.25) is 4.79 Å². The minimum atomic E-state index is -0.795. The molecule has 2 rings (SSSR count). The SMILES string of the molecule is Cc1cc(F)cc([C@H]2[C@H](C(=O)O)C2(C)C)c1. The number of carboxylic acids is 1. The van der Waals surface area contributed by atoms with E-state index in [1.165, 1.54) is 12.1 Å². The second-order valence-electron chi connectivity index (χ2n) is 5.18. The number of carbonyl (C=O) groups is 1. The molecular formula is C13H15FO2. The molecule has 0 heterocycles. The number of aliphatic carboxylic acids is 1. The lowest BCUT2D eigenvalue weighted by molar-refractivity contribution is -0.139. The monoisotopic (exact) mass is 222 g/mol. The molecule has 1 aromatic carbocycles. The Morgan fingerprint density at radius 2 is 2.00 bits per heavy atom. The number of halogens is 1. The zero-order valence-electron chi connectivity index (χ0n) is 9.62. The van der Waals surface area contributed by atoms with Crippen LogP contribution in [0.25, 0.3) is 0 Å². The molecule has 0 amide bonds. The predicted octanol–water partition coefficient (Wildman–Crippen LogP) is 2.96. The van der Waals surface area contributed by atoms with Gasteiger partial charge in [0.2, 0.25) is 0 Å². The van der Waals surface area contributed by atoms with Gasteiger partial charge in [-0.05, 0) is 35.6 Å². The summed E-state index contributed by atoms with van der Waals surface area (Å²) in [5, 5.41) is 9.07. The van der Waals surface area contributed by atoms with Crippen LogP contribution in [0, 0.1) is 24.1 Å². The third-order valence-corrected chi connectivity index (χ3v) is 3.52. The first kappa shape index (κ1) is 11.1. The summed E-state index contributed by atoms with van der Waals surface area (Å²) in [5.74, 6) is -1.55. The van der Waals surface area contributed by atoms with Crippen LogP contribution >= 0.6 is 0 Å². The van der Waals surface area contributed by atoms with E-state index in [1.807, 2.05) is 26.8 Å². The van der Waals surface area contributed by atoms with Crippen LogP contribution in [0.4, 0.5) is 4.39 Å². The van der Waals surface area contributed by atoms with Gasteiger partial charge in [0.05, 0.1) is 5.92 Å². The van der Waals surface area contributed by atoms with Crippen LogP contribution in [-0.2, 0) is 4.79 Å². The van der Waals surface area contributed by atoms with Gasteiger partial charge in [0.15, 0.2) is 0 Å². The topological polar surface area (TPSA) is 37.3 Å². The van der Waals surface area contributed by atoms with Crippen molar-refractivity contribution < 1.29 is 14.3 Å². The summed E-state index contributed by atoms with van der Waals surface area (Å²) in [6.45, 7) is 5.64. The molecule has 1 aliphatic rings. The highest BCUT2D eigenvalue weighted by Crippen LogP contribution is 2.64. The van der Waals surface area contributed by atoms with E-state index >= 15 is 0 Å². The van der Waals surface area contributed by atoms with Gasteiger partial charge >= 0.3 is 5.97 Å². The number of hydrogen-bond donors (Lipinski definition) is 1. The lowest BCUT2D eigenvalue weighted by Crippen LogP contribution is -2.03.